The molecule has 0 aliphatic carbocycles. The van der Waals surface area contributed by atoms with E-state index in [9.17, 15) is 5.11 Å². The fraction of sp³-hybridized carbons (Fsp3) is 0.412. The van der Waals surface area contributed by atoms with Gasteiger partial charge in [-0.15, -0.1) is 0 Å². The summed E-state index contributed by atoms with van der Waals surface area (Å²) in [6, 6.07) is 5.31. The summed E-state index contributed by atoms with van der Waals surface area (Å²) in [5.41, 5.74) is 2.03. The summed E-state index contributed by atoms with van der Waals surface area (Å²) < 4.78 is 6.84. The number of aromatic hydroxyl groups is 1. The van der Waals surface area contributed by atoms with Crippen LogP contribution >= 0.6 is 0 Å². The van der Waals surface area contributed by atoms with E-state index in [0.29, 0.717) is 18.8 Å². The Morgan fingerprint density at radius 2 is 2.21 bits per heavy atom. The highest BCUT2D eigenvalue weighted by Gasteiger charge is 2.08. The summed E-state index contributed by atoms with van der Waals surface area (Å²) in [5, 5.41) is 17.3. The highest BCUT2D eigenvalue weighted by atomic mass is 16.5. The zero-order valence-electron chi connectivity index (χ0n) is 14.7. The second-order valence-corrected chi connectivity index (χ2v) is 5.55. The molecule has 1 aromatic carbocycles. The fourth-order valence-electron chi connectivity index (χ4n) is 2.37. The number of rotatable bonds is 6. The van der Waals surface area contributed by atoms with Crippen molar-refractivity contribution in [2.24, 2.45) is 12.0 Å². The largest absolute Gasteiger partial charge is 0.504 e. The van der Waals surface area contributed by atoms with Crippen LogP contribution in [0.25, 0.3) is 0 Å². The second-order valence-electron chi connectivity index (χ2n) is 5.55. The first kappa shape index (κ1) is 17.7. The maximum atomic E-state index is 9.86. The number of aliphatic imine (C=N–C) groups is 1. The summed E-state index contributed by atoms with van der Waals surface area (Å²) >= 11 is 0. The van der Waals surface area contributed by atoms with Crippen LogP contribution in [-0.2, 0) is 20.1 Å². The zero-order chi connectivity index (χ0) is 17.5. The van der Waals surface area contributed by atoms with E-state index >= 15 is 0 Å². The first-order valence-corrected chi connectivity index (χ1v) is 7.86. The molecule has 0 saturated carbocycles. The number of phenolic OH excluding ortho intramolecular Hbond substituents is 1. The molecule has 0 aliphatic rings. The minimum absolute atomic E-state index is 0.124. The molecular formula is C17H25N5O2. The van der Waals surface area contributed by atoms with Crippen molar-refractivity contribution in [3.8, 4) is 11.5 Å². The zero-order valence-corrected chi connectivity index (χ0v) is 14.7. The van der Waals surface area contributed by atoms with Gasteiger partial charge in [-0.05, 0) is 24.6 Å². The van der Waals surface area contributed by atoms with Gasteiger partial charge < -0.3 is 20.1 Å². The molecule has 0 bridgehead atoms. The number of guanidine groups is 1. The van der Waals surface area contributed by atoms with Gasteiger partial charge in [0.25, 0.3) is 0 Å². The number of aromatic nitrogens is 2. The van der Waals surface area contributed by atoms with Gasteiger partial charge in [-0.2, -0.15) is 5.10 Å². The van der Waals surface area contributed by atoms with E-state index in [-0.39, 0.29) is 5.75 Å². The molecule has 2 rings (SSSR count). The van der Waals surface area contributed by atoms with Gasteiger partial charge in [-0.3, -0.25) is 4.68 Å². The van der Waals surface area contributed by atoms with Gasteiger partial charge in [0.1, 0.15) is 0 Å². The minimum atomic E-state index is 0.124. The number of ether oxygens (including phenoxy) is 1. The lowest BCUT2D eigenvalue weighted by molar-refractivity contribution is 0.373. The summed E-state index contributed by atoms with van der Waals surface area (Å²) in [6.07, 6.45) is 3.84. The van der Waals surface area contributed by atoms with Crippen molar-refractivity contribution in [2.45, 2.75) is 20.0 Å². The van der Waals surface area contributed by atoms with Crippen LogP contribution < -0.4 is 10.1 Å². The average Bonchev–Trinajstić information content (AvgIpc) is 2.96. The minimum Gasteiger partial charge on any atom is -0.504 e. The molecule has 0 unspecified atom stereocenters. The predicted octanol–water partition coefficient (Wildman–Crippen LogP) is 1.73. The lowest BCUT2D eigenvalue weighted by Crippen LogP contribution is -2.38. The molecule has 1 heterocycles. The van der Waals surface area contributed by atoms with E-state index in [1.54, 1.807) is 16.8 Å². The molecular weight excluding hydrogens is 306 g/mol. The van der Waals surface area contributed by atoms with Crippen molar-refractivity contribution < 1.29 is 9.84 Å². The Labute approximate surface area is 142 Å². The third-order valence-corrected chi connectivity index (χ3v) is 3.53. The molecule has 2 N–H and O–H groups in total. The summed E-state index contributed by atoms with van der Waals surface area (Å²) in [5.74, 6) is 1.39. The van der Waals surface area contributed by atoms with Gasteiger partial charge >= 0.3 is 0 Å². The second kappa shape index (κ2) is 8.24. The lowest BCUT2D eigenvalue weighted by atomic mass is 10.2. The molecule has 0 amide bonds. The monoisotopic (exact) mass is 331 g/mol. The molecule has 24 heavy (non-hydrogen) atoms. The first-order valence-electron chi connectivity index (χ1n) is 7.86. The van der Waals surface area contributed by atoms with Crippen LogP contribution in [0.1, 0.15) is 18.1 Å². The van der Waals surface area contributed by atoms with E-state index in [4.69, 9.17) is 4.74 Å². The number of nitrogens with zero attached hydrogens (tertiary/aromatic N) is 4. The number of phenols is 1. The van der Waals surface area contributed by atoms with Crippen molar-refractivity contribution in [3.63, 3.8) is 0 Å². The number of nitrogens with one attached hydrogen (secondary N) is 1. The molecule has 0 spiro atoms. The molecule has 7 heteroatoms. The van der Waals surface area contributed by atoms with E-state index in [0.717, 1.165) is 23.6 Å². The molecule has 2 aromatic rings. The standard InChI is InChI=1S/C17H25N5O2/c1-5-18-17(21(2)11-14-10-20-22(3)12-14)19-9-13-6-7-16(24-4)15(23)8-13/h6-8,10,12,23H,5,9,11H2,1-4H3,(H,18,19). The third kappa shape index (κ3) is 4.65. The Hall–Kier alpha value is -2.70. The molecule has 0 fully saturated rings. The SMILES string of the molecule is CCNC(=NCc1ccc(OC)c(O)c1)N(C)Cc1cnn(C)c1. The number of hydrogen-bond donors (Lipinski definition) is 2. The predicted molar refractivity (Wildman–Crippen MR) is 94.1 cm³/mol. The average molecular weight is 331 g/mol. The highest BCUT2D eigenvalue weighted by Crippen LogP contribution is 2.26. The highest BCUT2D eigenvalue weighted by molar-refractivity contribution is 5.79. The van der Waals surface area contributed by atoms with Crippen LogP contribution in [0.2, 0.25) is 0 Å². The van der Waals surface area contributed by atoms with Crippen LogP contribution in [0, 0.1) is 0 Å². The number of methoxy groups -OCH3 is 1. The topological polar surface area (TPSA) is 74.9 Å². The van der Waals surface area contributed by atoms with Crippen LogP contribution in [0.15, 0.2) is 35.6 Å². The lowest BCUT2D eigenvalue weighted by Gasteiger charge is -2.21. The van der Waals surface area contributed by atoms with Crippen LogP contribution in [0.4, 0.5) is 0 Å². The van der Waals surface area contributed by atoms with E-state index < -0.39 is 0 Å². The first-order chi connectivity index (χ1) is 11.5. The molecule has 0 aliphatic heterocycles. The smallest absolute Gasteiger partial charge is 0.194 e. The van der Waals surface area contributed by atoms with Crippen molar-refractivity contribution >= 4 is 5.96 Å². The van der Waals surface area contributed by atoms with E-state index in [1.807, 2.05) is 44.4 Å². The van der Waals surface area contributed by atoms with Crippen molar-refractivity contribution in [1.82, 2.24) is 20.0 Å². The van der Waals surface area contributed by atoms with Crippen molar-refractivity contribution in [1.29, 1.82) is 0 Å². The molecule has 130 valence electrons. The van der Waals surface area contributed by atoms with E-state index in [1.165, 1.54) is 7.11 Å². The van der Waals surface area contributed by atoms with Gasteiger partial charge in [0.15, 0.2) is 17.5 Å². The third-order valence-electron chi connectivity index (χ3n) is 3.53. The maximum absolute atomic E-state index is 9.86. The number of aryl methyl sites for hydroxylation is 1. The van der Waals surface area contributed by atoms with E-state index in [2.05, 4.69) is 15.4 Å². The summed E-state index contributed by atoms with van der Waals surface area (Å²) in [6.45, 7) is 4.00. The van der Waals surface area contributed by atoms with Crippen LogP contribution in [-0.4, -0.2) is 46.4 Å². The Balaban J connectivity index is 2.07. The molecule has 0 radical (unpaired) electrons. The van der Waals surface area contributed by atoms with Gasteiger partial charge in [0, 0.05) is 38.9 Å². The van der Waals surface area contributed by atoms with Gasteiger partial charge in [0.05, 0.1) is 19.9 Å². The Bertz CT molecular complexity index is 696. The molecule has 7 nitrogen and oxygen atoms in total. The maximum Gasteiger partial charge on any atom is 0.194 e. The molecule has 0 saturated heterocycles. The molecule has 0 atom stereocenters. The van der Waals surface area contributed by atoms with Crippen molar-refractivity contribution in [3.05, 3.63) is 41.7 Å². The Morgan fingerprint density at radius 1 is 1.42 bits per heavy atom. The summed E-state index contributed by atoms with van der Waals surface area (Å²) in [7, 11) is 5.42. The van der Waals surface area contributed by atoms with Crippen molar-refractivity contribution in [2.75, 3.05) is 20.7 Å². The van der Waals surface area contributed by atoms with Crippen LogP contribution in [0.5, 0.6) is 11.5 Å². The van der Waals surface area contributed by atoms with Gasteiger partial charge in [-0.1, -0.05) is 6.07 Å². The molecule has 1 aromatic heterocycles. The Morgan fingerprint density at radius 3 is 2.79 bits per heavy atom. The number of hydrogen-bond acceptors (Lipinski definition) is 4. The quantitative estimate of drug-likeness (QED) is 0.623. The number of benzene rings is 1. The normalized spacial score (nSPS) is 11.4. The Kier molecular flexibility index (Phi) is 6.06. The van der Waals surface area contributed by atoms with Gasteiger partial charge in [-0.25, -0.2) is 4.99 Å². The summed E-state index contributed by atoms with van der Waals surface area (Å²) in [4.78, 5) is 6.68. The van der Waals surface area contributed by atoms with Gasteiger partial charge in [0.2, 0.25) is 0 Å². The fourth-order valence-corrected chi connectivity index (χ4v) is 2.37. The van der Waals surface area contributed by atoms with Crippen LogP contribution in [0.3, 0.4) is 0 Å².